The number of hydrogen-bond donors (Lipinski definition) is 2. The molecule has 0 aliphatic heterocycles. The molecule has 1 aromatic rings. The molecular formula is C14H22N2O2. The maximum absolute atomic E-state index is 11.4. The first-order valence-corrected chi connectivity index (χ1v) is 6.15. The molecule has 0 aliphatic carbocycles. The van der Waals surface area contributed by atoms with Crippen molar-refractivity contribution in [2.75, 3.05) is 13.7 Å². The van der Waals surface area contributed by atoms with Crippen LogP contribution in [0.25, 0.3) is 0 Å². The van der Waals surface area contributed by atoms with Gasteiger partial charge in [-0.15, -0.1) is 0 Å². The van der Waals surface area contributed by atoms with Crippen LogP contribution in [-0.4, -0.2) is 25.7 Å². The summed E-state index contributed by atoms with van der Waals surface area (Å²) in [7, 11) is 1.65. The van der Waals surface area contributed by atoms with Gasteiger partial charge >= 0.3 is 0 Å². The number of nitrogens with two attached hydrogens (primary N) is 1. The fraction of sp³-hybridized carbons (Fsp3) is 0.500. The quantitative estimate of drug-likeness (QED) is 0.770. The van der Waals surface area contributed by atoms with Gasteiger partial charge in [-0.05, 0) is 11.5 Å². The van der Waals surface area contributed by atoms with Crippen LogP contribution in [0.15, 0.2) is 30.3 Å². The average Bonchev–Trinajstić information content (AvgIpc) is 2.34. The van der Waals surface area contributed by atoms with Crippen LogP contribution in [0.1, 0.15) is 25.5 Å². The van der Waals surface area contributed by atoms with Crippen molar-refractivity contribution >= 4 is 5.91 Å². The molecule has 1 aromatic carbocycles. The predicted molar refractivity (Wildman–Crippen MR) is 72.0 cm³/mol. The third-order valence-electron chi connectivity index (χ3n) is 2.89. The lowest BCUT2D eigenvalue weighted by Gasteiger charge is -2.26. The van der Waals surface area contributed by atoms with Crippen LogP contribution >= 0.6 is 0 Å². The normalized spacial score (nSPS) is 14.4. The molecule has 18 heavy (non-hydrogen) atoms. The molecule has 0 spiro atoms. The van der Waals surface area contributed by atoms with Crippen molar-refractivity contribution in [3.05, 3.63) is 35.9 Å². The number of methoxy groups -OCH3 is 1. The third kappa shape index (κ3) is 4.13. The number of hydrogen-bond acceptors (Lipinski definition) is 3. The Kier molecular flexibility index (Phi) is 5.82. The molecule has 100 valence electrons. The lowest BCUT2D eigenvalue weighted by atomic mass is 10.00. The summed E-state index contributed by atoms with van der Waals surface area (Å²) >= 11 is 0. The zero-order valence-electron chi connectivity index (χ0n) is 11.2. The van der Waals surface area contributed by atoms with Crippen LogP contribution in [-0.2, 0) is 9.53 Å². The molecule has 0 bridgehead atoms. The number of rotatable bonds is 7. The van der Waals surface area contributed by atoms with Crippen LogP contribution in [0.5, 0.6) is 0 Å². The van der Waals surface area contributed by atoms with Crippen LogP contribution in [0.4, 0.5) is 0 Å². The summed E-state index contributed by atoms with van der Waals surface area (Å²) in [6, 6.07) is 9.52. The van der Waals surface area contributed by atoms with E-state index in [2.05, 4.69) is 5.32 Å². The summed E-state index contributed by atoms with van der Waals surface area (Å²) in [6.07, 6.45) is 0. The molecule has 4 heteroatoms. The van der Waals surface area contributed by atoms with Crippen LogP contribution < -0.4 is 11.1 Å². The molecule has 0 saturated carbocycles. The molecule has 0 heterocycles. The minimum absolute atomic E-state index is 0.0314. The highest BCUT2D eigenvalue weighted by atomic mass is 16.5. The van der Waals surface area contributed by atoms with Gasteiger partial charge in [0.1, 0.15) is 0 Å². The molecule has 0 aliphatic rings. The van der Waals surface area contributed by atoms with E-state index in [1.165, 1.54) is 0 Å². The van der Waals surface area contributed by atoms with Crippen LogP contribution in [0.3, 0.4) is 0 Å². The fourth-order valence-corrected chi connectivity index (χ4v) is 1.91. The van der Waals surface area contributed by atoms with Gasteiger partial charge in [-0.1, -0.05) is 44.2 Å². The highest BCUT2D eigenvalue weighted by Gasteiger charge is 2.23. The molecule has 0 fully saturated rings. The molecule has 0 saturated heterocycles. The molecule has 3 N–H and O–H groups in total. The number of carbonyl (C=O) groups is 1. The van der Waals surface area contributed by atoms with Crippen LogP contribution in [0, 0.1) is 5.92 Å². The maximum Gasteiger partial charge on any atom is 0.234 e. The molecule has 0 aromatic heterocycles. The molecule has 1 rings (SSSR count). The lowest BCUT2D eigenvalue weighted by molar-refractivity contribution is -0.121. The number of benzene rings is 1. The molecule has 4 nitrogen and oxygen atoms in total. The monoisotopic (exact) mass is 250 g/mol. The van der Waals surface area contributed by atoms with Crippen LogP contribution in [0.2, 0.25) is 0 Å². The van der Waals surface area contributed by atoms with Crippen molar-refractivity contribution in [3.8, 4) is 0 Å². The zero-order valence-corrected chi connectivity index (χ0v) is 11.2. The van der Waals surface area contributed by atoms with E-state index >= 15 is 0 Å². The standard InChI is InChI=1S/C14H22N2O2/c1-10(2)13(14(15)17)16-12(9-18-3)11-7-5-4-6-8-11/h4-8,10,12-13,16H,9H2,1-3H3,(H2,15,17). The highest BCUT2D eigenvalue weighted by molar-refractivity contribution is 5.80. The number of amides is 1. The van der Waals surface area contributed by atoms with Gasteiger partial charge in [0.05, 0.1) is 18.7 Å². The van der Waals surface area contributed by atoms with Crippen molar-refractivity contribution < 1.29 is 9.53 Å². The number of primary amides is 1. The van der Waals surface area contributed by atoms with Crippen molar-refractivity contribution in [1.82, 2.24) is 5.32 Å². The smallest absolute Gasteiger partial charge is 0.234 e. The van der Waals surface area contributed by atoms with Gasteiger partial charge < -0.3 is 10.5 Å². The second-order valence-corrected chi connectivity index (χ2v) is 4.71. The van der Waals surface area contributed by atoms with E-state index in [4.69, 9.17) is 10.5 Å². The van der Waals surface area contributed by atoms with E-state index in [-0.39, 0.29) is 23.9 Å². The Balaban J connectivity index is 2.83. The Labute approximate surface area is 109 Å². The molecule has 0 radical (unpaired) electrons. The number of carbonyl (C=O) groups excluding carboxylic acids is 1. The summed E-state index contributed by atoms with van der Waals surface area (Å²) in [5.74, 6) is -0.187. The van der Waals surface area contributed by atoms with Gasteiger partial charge in [0.15, 0.2) is 0 Å². The average molecular weight is 250 g/mol. The van der Waals surface area contributed by atoms with Gasteiger partial charge in [-0.2, -0.15) is 0 Å². The Morgan fingerprint density at radius 1 is 1.33 bits per heavy atom. The summed E-state index contributed by atoms with van der Waals surface area (Å²) in [5.41, 5.74) is 6.51. The first-order chi connectivity index (χ1) is 8.56. The van der Waals surface area contributed by atoms with E-state index < -0.39 is 0 Å². The van der Waals surface area contributed by atoms with E-state index in [1.54, 1.807) is 7.11 Å². The maximum atomic E-state index is 11.4. The lowest BCUT2D eigenvalue weighted by Crippen LogP contribution is -2.47. The van der Waals surface area contributed by atoms with E-state index in [0.29, 0.717) is 6.61 Å². The largest absolute Gasteiger partial charge is 0.383 e. The Hall–Kier alpha value is -1.39. The summed E-state index contributed by atoms with van der Waals surface area (Å²) in [6.45, 7) is 4.44. The second kappa shape index (κ2) is 7.13. The highest BCUT2D eigenvalue weighted by Crippen LogP contribution is 2.15. The van der Waals surface area contributed by atoms with Crippen molar-refractivity contribution in [2.45, 2.75) is 25.9 Å². The predicted octanol–water partition coefficient (Wildman–Crippen LogP) is 1.47. The SMILES string of the molecule is COCC(NC(C(N)=O)C(C)C)c1ccccc1. The van der Waals surface area contributed by atoms with E-state index in [9.17, 15) is 4.79 Å². The Bertz CT molecular complexity index is 365. The Morgan fingerprint density at radius 3 is 2.39 bits per heavy atom. The first kappa shape index (κ1) is 14.7. The number of nitrogens with one attached hydrogen (secondary N) is 1. The van der Waals surface area contributed by atoms with Gasteiger partial charge in [-0.25, -0.2) is 0 Å². The molecule has 2 unspecified atom stereocenters. The topological polar surface area (TPSA) is 64.3 Å². The second-order valence-electron chi connectivity index (χ2n) is 4.71. The summed E-state index contributed by atoms with van der Waals surface area (Å²) in [4.78, 5) is 11.4. The van der Waals surface area contributed by atoms with Gasteiger partial charge in [-0.3, -0.25) is 10.1 Å². The van der Waals surface area contributed by atoms with Gasteiger partial charge in [0.2, 0.25) is 5.91 Å². The van der Waals surface area contributed by atoms with Crippen molar-refractivity contribution in [2.24, 2.45) is 11.7 Å². The summed E-state index contributed by atoms with van der Waals surface area (Å²) in [5, 5.41) is 3.27. The Morgan fingerprint density at radius 2 is 1.94 bits per heavy atom. The zero-order chi connectivity index (χ0) is 13.5. The van der Waals surface area contributed by atoms with Gasteiger partial charge in [0.25, 0.3) is 0 Å². The van der Waals surface area contributed by atoms with E-state index in [1.807, 2.05) is 44.2 Å². The molecule has 2 atom stereocenters. The van der Waals surface area contributed by atoms with Crippen molar-refractivity contribution in [3.63, 3.8) is 0 Å². The minimum Gasteiger partial charge on any atom is -0.383 e. The third-order valence-corrected chi connectivity index (χ3v) is 2.89. The van der Waals surface area contributed by atoms with Crippen molar-refractivity contribution in [1.29, 1.82) is 0 Å². The number of ether oxygens (including phenoxy) is 1. The summed E-state index contributed by atoms with van der Waals surface area (Å²) < 4.78 is 5.20. The molecular weight excluding hydrogens is 228 g/mol. The molecule has 1 amide bonds. The van der Waals surface area contributed by atoms with Gasteiger partial charge in [0, 0.05) is 7.11 Å². The first-order valence-electron chi connectivity index (χ1n) is 6.15. The minimum atomic E-state index is -0.356. The fourth-order valence-electron chi connectivity index (χ4n) is 1.91. The van der Waals surface area contributed by atoms with E-state index in [0.717, 1.165) is 5.56 Å².